The van der Waals surface area contributed by atoms with E-state index in [1.165, 1.54) is 19.3 Å². The molecule has 1 atom stereocenters. The smallest absolute Gasteiger partial charge is 0.423 e. The molecule has 8 nitrogen and oxygen atoms in total. The number of hydrogen-bond donors (Lipinski definition) is 0. The Kier molecular flexibility index (Phi) is 5.85. The molecule has 1 unspecified atom stereocenters. The quantitative estimate of drug-likeness (QED) is 0.564. The molecule has 1 aromatic heterocycles. The summed E-state index contributed by atoms with van der Waals surface area (Å²) in [7, 11) is 0. The number of rotatable bonds is 5. The Balaban J connectivity index is 1.49. The molecule has 0 N–H and O–H groups in total. The van der Waals surface area contributed by atoms with E-state index in [1.807, 2.05) is 11.6 Å². The molecule has 0 radical (unpaired) electrons. The number of aromatic nitrogens is 2. The molecule has 1 aromatic rings. The Bertz CT molecular complexity index is 720. The van der Waals surface area contributed by atoms with Crippen LogP contribution in [-0.4, -0.2) is 52.5 Å². The van der Waals surface area contributed by atoms with Crippen molar-refractivity contribution in [1.82, 2.24) is 14.7 Å². The maximum atomic E-state index is 12.1. The van der Waals surface area contributed by atoms with Crippen LogP contribution in [0.15, 0.2) is 0 Å². The highest BCUT2D eigenvalue weighted by Gasteiger charge is 2.34. The van der Waals surface area contributed by atoms with Crippen LogP contribution in [0, 0.1) is 6.92 Å². The van der Waals surface area contributed by atoms with Crippen molar-refractivity contribution in [2.75, 3.05) is 19.6 Å². The zero-order valence-electron chi connectivity index (χ0n) is 16.5. The molecule has 3 aliphatic rings. The van der Waals surface area contributed by atoms with Crippen LogP contribution in [0.25, 0.3) is 0 Å². The topological polar surface area (TPSA) is 82.9 Å². The van der Waals surface area contributed by atoms with Gasteiger partial charge in [0.15, 0.2) is 0 Å². The third-order valence-corrected chi connectivity index (χ3v) is 5.94. The maximum Gasteiger partial charge on any atom is 0.423 e. The van der Waals surface area contributed by atoms with Crippen molar-refractivity contribution in [2.24, 2.45) is 0 Å². The number of ether oxygens (including phenoxy) is 3. The summed E-state index contributed by atoms with van der Waals surface area (Å²) in [5.74, 6) is -1.53. The highest BCUT2D eigenvalue weighted by Crippen LogP contribution is 2.38. The number of esters is 2. The second-order valence-corrected chi connectivity index (χ2v) is 7.99. The van der Waals surface area contributed by atoms with E-state index in [4.69, 9.17) is 14.2 Å². The highest BCUT2D eigenvalue weighted by molar-refractivity contribution is 6.30. The molecule has 0 aromatic carbocycles. The van der Waals surface area contributed by atoms with Crippen LogP contribution in [0.2, 0.25) is 0 Å². The second-order valence-electron chi connectivity index (χ2n) is 7.99. The number of likely N-dealkylation sites (tertiary alicyclic amines) is 1. The van der Waals surface area contributed by atoms with E-state index in [1.54, 1.807) is 0 Å². The van der Waals surface area contributed by atoms with E-state index in [2.05, 4.69) is 10.00 Å². The average Bonchev–Trinajstić information content (AvgIpc) is 3.31. The van der Waals surface area contributed by atoms with Gasteiger partial charge in [-0.05, 0) is 58.7 Å². The van der Waals surface area contributed by atoms with Crippen LogP contribution in [0.1, 0.15) is 69.5 Å². The van der Waals surface area contributed by atoms with Gasteiger partial charge in [-0.2, -0.15) is 0 Å². The Labute approximate surface area is 165 Å². The van der Waals surface area contributed by atoms with Gasteiger partial charge < -0.3 is 19.1 Å². The largest absolute Gasteiger partial charge is 0.433 e. The van der Waals surface area contributed by atoms with E-state index in [9.17, 15) is 9.59 Å². The van der Waals surface area contributed by atoms with Crippen molar-refractivity contribution < 1.29 is 23.8 Å². The van der Waals surface area contributed by atoms with E-state index < -0.39 is 18.2 Å². The lowest BCUT2D eigenvalue weighted by molar-refractivity contribution is -0.179. The predicted octanol–water partition coefficient (Wildman–Crippen LogP) is 2.74. The van der Waals surface area contributed by atoms with Gasteiger partial charge in [-0.25, -0.2) is 9.59 Å². The third kappa shape index (κ3) is 4.16. The Hall–Kier alpha value is -2.09. The zero-order chi connectivity index (χ0) is 19.5. The summed E-state index contributed by atoms with van der Waals surface area (Å²) in [4.78, 5) is 26.5. The Morgan fingerprint density at radius 3 is 2.50 bits per heavy atom. The molecule has 0 amide bonds. The summed E-state index contributed by atoms with van der Waals surface area (Å²) >= 11 is 0. The molecule has 154 valence electrons. The fourth-order valence-electron chi connectivity index (χ4n) is 4.41. The van der Waals surface area contributed by atoms with Gasteiger partial charge in [0.1, 0.15) is 0 Å². The minimum atomic E-state index is -1.01. The number of fused-ring (bicyclic) bond motifs is 1. The number of carbonyl (C=O) groups is 2. The van der Waals surface area contributed by atoms with Gasteiger partial charge in [-0.15, -0.1) is 5.10 Å². The SMILES string of the molecule is Cc1c2c(nn1C1CCCCC1)OC(CCCN1CCCC1)OC(=O)C(=O)O2. The van der Waals surface area contributed by atoms with Crippen LogP contribution >= 0.6 is 0 Å². The van der Waals surface area contributed by atoms with Crippen LogP contribution in [0.3, 0.4) is 0 Å². The molecule has 8 heteroatoms. The molecule has 2 fully saturated rings. The van der Waals surface area contributed by atoms with Gasteiger partial charge >= 0.3 is 11.9 Å². The molecular formula is C20H29N3O5. The summed E-state index contributed by atoms with van der Waals surface area (Å²) in [6.45, 7) is 5.02. The molecule has 3 heterocycles. The minimum absolute atomic E-state index is 0.245. The normalized spacial score (nSPS) is 24.1. The van der Waals surface area contributed by atoms with E-state index in [0.29, 0.717) is 6.42 Å². The number of cyclic esters (lactones) is 1. The lowest BCUT2D eigenvalue weighted by atomic mass is 9.95. The summed E-state index contributed by atoms with van der Waals surface area (Å²) in [6, 6.07) is 0.273. The van der Waals surface area contributed by atoms with Crippen LogP contribution in [0.4, 0.5) is 0 Å². The first-order valence-corrected chi connectivity index (χ1v) is 10.5. The van der Waals surface area contributed by atoms with Crippen molar-refractivity contribution in [3.63, 3.8) is 0 Å². The fourth-order valence-corrected chi connectivity index (χ4v) is 4.41. The molecule has 1 aliphatic carbocycles. The van der Waals surface area contributed by atoms with Crippen molar-refractivity contribution >= 4 is 11.9 Å². The number of carbonyl (C=O) groups excluding carboxylic acids is 2. The Morgan fingerprint density at radius 1 is 1.00 bits per heavy atom. The molecule has 2 aliphatic heterocycles. The van der Waals surface area contributed by atoms with Crippen molar-refractivity contribution in [3.05, 3.63) is 5.69 Å². The van der Waals surface area contributed by atoms with Gasteiger partial charge in [0.05, 0.1) is 11.7 Å². The summed E-state index contributed by atoms with van der Waals surface area (Å²) in [5.41, 5.74) is 0.723. The van der Waals surface area contributed by atoms with Crippen LogP contribution in [0.5, 0.6) is 11.6 Å². The van der Waals surface area contributed by atoms with Crippen molar-refractivity contribution in [2.45, 2.75) is 77.0 Å². The van der Waals surface area contributed by atoms with Crippen molar-refractivity contribution in [3.8, 4) is 11.6 Å². The van der Waals surface area contributed by atoms with Gasteiger partial charge in [-0.1, -0.05) is 19.3 Å². The predicted molar refractivity (Wildman–Crippen MR) is 100 cm³/mol. The zero-order valence-corrected chi connectivity index (χ0v) is 16.5. The maximum absolute atomic E-state index is 12.1. The molecule has 1 saturated heterocycles. The lowest BCUT2D eigenvalue weighted by Gasteiger charge is -2.22. The molecule has 0 bridgehead atoms. The number of nitrogens with zero attached hydrogens (tertiary/aromatic N) is 3. The summed E-state index contributed by atoms with van der Waals surface area (Å²) in [5, 5.41) is 4.59. The lowest BCUT2D eigenvalue weighted by Crippen LogP contribution is -2.34. The molecule has 28 heavy (non-hydrogen) atoms. The van der Waals surface area contributed by atoms with Gasteiger partial charge in [0.2, 0.25) is 12.0 Å². The molecular weight excluding hydrogens is 362 g/mol. The van der Waals surface area contributed by atoms with Gasteiger partial charge in [0, 0.05) is 6.42 Å². The average molecular weight is 391 g/mol. The van der Waals surface area contributed by atoms with Crippen LogP contribution in [-0.2, 0) is 14.3 Å². The monoisotopic (exact) mass is 391 g/mol. The third-order valence-electron chi connectivity index (χ3n) is 5.94. The van der Waals surface area contributed by atoms with Gasteiger partial charge in [0.25, 0.3) is 5.88 Å². The first kappa shape index (κ1) is 19.2. The second kappa shape index (κ2) is 8.51. The van der Waals surface area contributed by atoms with Crippen molar-refractivity contribution in [1.29, 1.82) is 0 Å². The first-order chi connectivity index (χ1) is 13.6. The number of hydrogen-bond acceptors (Lipinski definition) is 7. The molecule has 1 saturated carbocycles. The fraction of sp³-hybridized carbons (Fsp3) is 0.750. The standard InChI is InChI=1S/C20H29N3O5/c1-14-17-18(21-23(14)15-8-3-2-4-9-15)26-16(27-19(24)20(25)28-17)10-7-13-22-11-5-6-12-22/h15-16H,2-13H2,1H3. The summed E-state index contributed by atoms with van der Waals surface area (Å²) in [6.07, 6.45) is 8.65. The van der Waals surface area contributed by atoms with E-state index in [-0.39, 0.29) is 17.7 Å². The first-order valence-electron chi connectivity index (χ1n) is 10.5. The highest BCUT2D eigenvalue weighted by atomic mass is 16.7. The van der Waals surface area contributed by atoms with E-state index in [0.717, 1.165) is 57.4 Å². The summed E-state index contributed by atoms with van der Waals surface area (Å²) < 4.78 is 18.3. The van der Waals surface area contributed by atoms with Crippen LogP contribution < -0.4 is 9.47 Å². The molecule has 4 rings (SSSR count). The Morgan fingerprint density at radius 2 is 1.75 bits per heavy atom. The minimum Gasteiger partial charge on any atom is -0.433 e. The molecule has 0 spiro atoms. The van der Waals surface area contributed by atoms with E-state index >= 15 is 0 Å². The van der Waals surface area contributed by atoms with Gasteiger partial charge in [-0.3, -0.25) is 4.68 Å².